The monoisotopic (exact) mass is 283 g/mol. The predicted octanol–water partition coefficient (Wildman–Crippen LogP) is 3.45. The van der Waals surface area contributed by atoms with Crippen LogP contribution in [0.15, 0.2) is 30.3 Å². The van der Waals surface area contributed by atoms with Gasteiger partial charge in [0.15, 0.2) is 0 Å². The smallest absolute Gasteiger partial charge is 0.0728 e. The first-order valence-electron chi connectivity index (χ1n) is 7.04. The van der Waals surface area contributed by atoms with E-state index in [0.717, 1.165) is 32.2 Å². The van der Waals surface area contributed by atoms with E-state index in [1.54, 1.807) is 0 Å². The van der Waals surface area contributed by atoms with Crippen LogP contribution in [0.4, 0.5) is 0 Å². The van der Waals surface area contributed by atoms with Crippen LogP contribution in [0, 0.1) is 0 Å². The molecule has 1 aliphatic carbocycles. The van der Waals surface area contributed by atoms with Crippen LogP contribution in [0.1, 0.15) is 43.6 Å². The quantitative estimate of drug-likeness (QED) is 0.915. The number of rotatable bonds is 4. The Hall–Kier alpha value is -0.570. The molecule has 0 amide bonds. The van der Waals surface area contributed by atoms with Crippen molar-refractivity contribution in [2.75, 3.05) is 20.6 Å². The van der Waals surface area contributed by atoms with Crippen LogP contribution in [0.2, 0.25) is 0 Å². The molecular formula is C16H26ClNO. The van der Waals surface area contributed by atoms with Crippen molar-refractivity contribution in [2.45, 2.75) is 43.6 Å². The lowest BCUT2D eigenvalue weighted by atomic mass is 9.72. The fourth-order valence-corrected chi connectivity index (χ4v) is 3.15. The van der Waals surface area contributed by atoms with Gasteiger partial charge in [-0.15, -0.1) is 12.4 Å². The van der Waals surface area contributed by atoms with E-state index in [-0.39, 0.29) is 18.3 Å². The summed E-state index contributed by atoms with van der Waals surface area (Å²) in [6, 6.07) is 10.5. The highest BCUT2D eigenvalue weighted by molar-refractivity contribution is 5.85. The molecule has 0 heterocycles. The molecule has 2 rings (SSSR count). The SMILES string of the molecule is CN(C)CC(c1ccccc1)C1(O)CCCCC1.Cl. The van der Waals surface area contributed by atoms with Crippen LogP contribution in [-0.4, -0.2) is 36.2 Å². The first-order valence-corrected chi connectivity index (χ1v) is 7.04. The second-order valence-corrected chi connectivity index (χ2v) is 5.89. The molecule has 1 atom stereocenters. The summed E-state index contributed by atoms with van der Waals surface area (Å²) in [6.07, 6.45) is 5.48. The highest BCUT2D eigenvalue weighted by atomic mass is 35.5. The van der Waals surface area contributed by atoms with Crippen LogP contribution < -0.4 is 0 Å². The number of halogens is 1. The van der Waals surface area contributed by atoms with Gasteiger partial charge in [-0.1, -0.05) is 49.6 Å². The van der Waals surface area contributed by atoms with Gasteiger partial charge < -0.3 is 10.0 Å². The van der Waals surface area contributed by atoms with Gasteiger partial charge in [0, 0.05) is 12.5 Å². The minimum atomic E-state index is -0.510. The molecule has 2 nitrogen and oxygen atoms in total. The third-order valence-electron chi connectivity index (χ3n) is 4.12. The molecule has 1 aromatic carbocycles. The van der Waals surface area contributed by atoms with E-state index in [4.69, 9.17) is 0 Å². The van der Waals surface area contributed by atoms with E-state index in [2.05, 4.69) is 43.3 Å². The van der Waals surface area contributed by atoms with Crippen molar-refractivity contribution in [1.29, 1.82) is 0 Å². The fraction of sp³-hybridized carbons (Fsp3) is 0.625. The van der Waals surface area contributed by atoms with Crippen molar-refractivity contribution >= 4 is 12.4 Å². The van der Waals surface area contributed by atoms with Crippen LogP contribution in [0.5, 0.6) is 0 Å². The zero-order chi connectivity index (χ0) is 13.0. The molecule has 0 spiro atoms. The maximum Gasteiger partial charge on any atom is 0.0728 e. The van der Waals surface area contributed by atoms with Gasteiger partial charge in [0.25, 0.3) is 0 Å². The normalized spacial score (nSPS) is 19.8. The molecule has 1 aliphatic rings. The maximum absolute atomic E-state index is 11.0. The number of nitrogens with zero attached hydrogens (tertiary/aromatic N) is 1. The standard InChI is InChI=1S/C16H25NO.ClH/c1-17(2)13-15(14-9-5-3-6-10-14)16(18)11-7-4-8-12-16;/h3,5-6,9-10,15,18H,4,7-8,11-13H2,1-2H3;1H. The summed E-state index contributed by atoms with van der Waals surface area (Å²) < 4.78 is 0. The Labute approximate surface area is 123 Å². The first kappa shape index (κ1) is 16.5. The molecule has 0 aromatic heterocycles. The van der Waals surface area contributed by atoms with Gasteiger partial charge in [-0.25, -0.2) is 0 Å². The molecule has 1 fully saturated rings. The molecule has 1 unspecified atom stereocenters. The lowest BCUT2D eigenvalue weighted by Crippen LogP contribution is -2.42. The van der Waals surface area contributed by atoms with E-state index in [1.807, 2.05) is 6.07 Å². The second-order valence-electron chi connectivity index (χ2n) is 5.89. The number of hydrogen-bond donors (Lipinski definition) is 1. The van der Waals surface area contributed by atoms with Gasteiger partial charge >= 0.3 is 0 Å². The van der Waals surface area contributed by atoms with Crippen LogP contribution >= 0.6 is 12.4 Å². The van der Waals surface area contributed by atoms with Crippen molar-refractivity contribution in [3.8, 4) is 0 Å². The number of hydrogen-bond acceptors (Lipinski definition) is 2. The largest absolute Gasteiger partial charge is 0.389 e. The summed E-state index contributed by atoms with van der Waals surface area (Å²) in [6.45, 7) is 0.917. The van der Waals surface area contributed by atoms with Crippen LogP contribution in [0.3, 0.4) is 0 Å². The third-order valence-corrected chi connectivity index (χ3v) is 4.12. The Kier molecular flexibility index (Phi) is 6.31. The second kappa shape index (κ2) is 7.28. The van der Waals surface area contributed by atoms with E-state index in [1.165, 1.54) is 12.0 Å². The molecule has 0 saturated heterocycles. The lowest BCUT2D eigenvalue weighted by Gasteiger charge is -2.40. The topological polar surface area (TPSA) is 23.5 Å². The predicted molar refractivity (Wildman–Crippen MR) is 83.0 cm³/mol. The molecule has 1 aromatic rings. The Balaban J connectivity index is 0.00000180. The van der Waals surface area contributed by atoms with Crippen molar-refractivity contribution in [3.63, 3.8) is 0 Å². The van der Waals surface area contributed by atoms with E-state index in [9.17, 15) is 5.11 Å². The highest BCUT2D eigenvalue weighted by Crippen LogP contribution is 2.40. The van der Waals surface area contributed by atoms with Gasteiger partial charge in [-0.05, 0) is 32.5 Å². The van der Waals surface area contributed by atoms with Gasteiger partial charge in [0.2, 0.25) is 0 Å². The molecule has 0 bridgehead atoms. The van der Waals surface area contributed by atoms with E-state index in [0.29, 0.717) is 0 Å². The number of likely N-dealkylation sites (N-methyl/N-ethyl adjacent to an activating group) is 1. The zero-order valence-electron chi connectivity index (χ0n) is 12.0. The Morgan fingerprint density at radius 2 is 1.68 bits per heavy atom. The summed E-state index contributed by atoms with van der Waals surface area (Å²) in [4.78, 5) is 2.18. The van der Waals surface area contributed by atoms with Gasteiger partial charge in [-0.2, -0.15) is 0 Å². The zero-order valence-corrected chi connectivity index (χ0v) is 12.8. The Morgan fingerprint density at radius 3 is 2.21 bits per heavy atom. The summed E-state index contributed by atoms with van der Waals surface area (Å²) >= 11 is 0. The van der Waals surface area contributed by atoms with Gasteiger partial charge in [0.1, 0.15) is 0 Å². The molecule has 19 heavy (non-hydrogen) atoms. The van der Waals surface area contributed by atoms with E-state index >= 15 is 0 Å². The van der Waals surface area contributed by atoms with Crippen molar-refractivity contribution in [1.82, 2.24) is 4.90 Å². The van der Waals surface area contributed by atoms with Crippen LogP contribution in [-0.2, 0) is 0 Å². The Morgan fingerprint density at radius 1 is 1.11 bits per heavy atom. The fourth-order valence-electron chi connectivity index (χ4n) is 3.15. The Bertz CT molecular complexity index is 360. The average molecular weight is 284 g/mol. The molecule has 0 aliphatic heterocycles. The van der Waals surface area contributed by atoms with Gasteiger partial charge in [-0.3, -0.25) is 0 Å². The first-order chi connectivity index (χ1) is 8.62. The minimum absolute atomic E-state index is 0. The molecule has 1 saturated carbocycles. The summed E-state index contributed by atoms with van der Waals surface area (Å²) in [7, 11) is 4.17. The van der Waals surface area contributed by atoms with Crippen LogP contribution in [0.25, 0.3) is 0 Å². The summed E-state index contributed by atoms with van der Waals surface area (Å²) in [5, 5.41) is 11.0. The van der Waals surface area contributed by atoms with E-state index < -0.39 is 5.60 Å². The summed E-state index contributed by atoms with van der Waals surface area (Å²) in [5.41, 5.74) is 0.764. The molecule has 108 valence electrons. The highest BCUT2D eigenvalue weighted by Gasteiger charge is 2.38. The maximum atomic E-state index is 11.0. The summed E-state index contributed by atoms with van der Waals surface area (Å²) in [5.74, 6) is 0.231. The van der Waals surface area contributed by atoms with Gasteiger partial charge in [0.05, 0.1) is 5.60 Å². The number of aliphatic hydroxyl groups is 1. The average Bonchev–Trinajstić information content (AvgIpc) is 2.37. The van der Waals surface area contributed by atoms with Crippen molar-refractivity contribution < 1.29 is 5.11 Å². The van der Waals surface area contributed by atoms with Crippen molar-refractivity contribution in [2.24, 2.45) is 0 Å². The van der Waals surface area contributed by atoms with Crippen molar-refractivity contribution in [3.05, 3.63) is 35.9 Å². The number of benzene rings is 1. The molecule has 0 radical (unpaired) electrons. The molecule has 3 heteroatoms. The molecule has 1 N–H and O–H groups in total. The molecular weight excluding hydrogens is 258 g/mol. The third kappa shape index (κ3) is 4.20. The lowest BCUT2D eigenvalue weighted by molar-refractivity contribution is -0.0277. The minimum Gasteiger partial charge on any atom is -0.389 e.